The van der Waals surface area contributed by atoms with E-state index in [1.807, 2.05) is 11.8 Å². The van der Waals surface area contributed by atoms with Crippen LogP contribution in [0.4, 0.5) is 0 Å². The summed E-state index contributed by atoms with van der Waals surface area (Å²) in [5.74, 6) is -0.675. The first-order chi connectivity index (χ1) is 8.68. The zero-order chi connectivity index (χ0) is 13.3. The van der Waals surface area contributed by atoms with Gasteiger partial charge in [-0.2, -0.15) is 11.8 Å². The van der Waals surface area contributed by atoms with Crippen molar-refractivity contribution in [3.8, 4) is 0 Å². The van der Waals surface area contributed by atoms with Crippen molar-refractivity contribution in [2.75, 3.05) is 19.3 Å². The molecular weight excluding hydrogens is 246 g/mol. The molecule has 0 aromatic carbocycles. The molecule has 0 aliphatic heterocycles. The fourth-order valence-electron chi connectivity index (χ4n) is 2.67. The number of aliphatic carboxylic acids is 1. The molecule has 0 spiro atoms. The van der Waals surface area contributed by atoms with Gasteiger partial charge in [-0.05, 0) is 38.5 Å². The molecule has 0 saturated heterocycles. The van der Waals surface area contributed by atoms with Crippen molar-refractivity contribution in [3.63, 3.8) is 0 Å². The molecule has 1 aliphatic carbocycles. The summed E-state index contributed by atoms with van der Waals surface area (Å²) in [6, 6.07) is 0. The predicted molar refractivity (Wildman–Crippen MR) is 78.3 cm³/mol. The van der Waals surface area contributed by atoms with Crippen molar-refractivity contribution >= 4 is 17.7 Å². The Hall–Kier alpha value is -0.220. The maximum Gasteiger partial charge on any atom is 0.303 e. The normalized spacial score (nSPS) is 18.7. The van der Waals surface area contributed by atoms with Crippen LogP contribution in [0.5, 0.6) is 0 Å². The largest absolute Gasteiger partial charge is 0.481 e. The van der Waals surface area contributed by atoms with Crippen molar-refractivity contribution in [1.82, 2.24) is 5.32 Å². The molecule has 3 nitrogen and oxygen atoms in total. The fraction of sp³-hybridized carbons (Fsp3) is 0.929. The first-order valence-electron chi connectivity index (χ1n) is 7.16. The number of hydrogen-bond acceptors (Lipinski definition) is 3. The Kier molecular flexibility index (Phi) is 7.75. The average molecular weight is 273 g/mol. The summed E-state index contributed by atoms with van der Waals surface area (Å²) in [5.41, 5.74) is 0. The Morgan fingerprint density at radius 2 is 1.94 bits per heavy atom. The molecule has 18 heavy (non-hydrogen) atoms. The van der Waals surface area contributed by atoms with Crippen LogP contribution in [0.1, 0.15) is 57.8 Å². The van der Waals surface area contributed by atoms with E-state index >= 15 is 0 Å². The van der Waals surface area contributed by atoms with E-state index in [9.17, 15) is 4.79 Å². The highest BCUT2D eigenvalue weighted by Crippen LogP contribution is 2.37. The first kappa shape index (κ1) is 15.8. The fourth-order valence-corrected chi connectivity index (χ4v) is 3.61. The summed E-state index contributed by atoms with van der Waals surface area (Å²) < 4.78 is 0.472. The summed E-state index contributed by atoms with van der Waals surface area (Å²) in [4.78, 5) is 10.4. The quantitative estimate of drug-likeness (QED) is 0.633. The van der Waals surface area contributed by atoms with Gasteiger partial charge in [-0.1, -0.05) is 25.7 Å². The molecule has 4 heteroatoms. The molecule has 0 amide bonds. The molecule has 0 aromatic rings. The van der Waals surface area contributed by atoms with E-state index < -0.39 is 5.97 Å². The lowest BCUT2D eigenvalue weighted by atomic mass is 9.88. The molecule has 0 atom stereocenters. The van der Waals surface area contributed by atoms with Gasteiger partial charge in [0.2, 0.25) is 0 Å². The Morgan fingerprint density at radius 1 is 1.22 bits per heavy atom. The average Bonchev–Trinajstić information content (AvgIpc) is 2.38. The number of rotatable bonds is 9. The second-order valence-electron chi connectivity index (χ2n) is 5.33. The summed E-state index contributed by atoms with van der Waals surface area (Å²) >= 11 is 2.03. The molecule has 106 valence electrons. The Labute approximate surface area is 115 Å². The third-order valence-corrected chi connectivity index (χ3v) is 5.31. The third-order valence-electron chi connectivity index (χ3n) is 3.89. The molecule has 1 aliphatic rings. The van der Waals surface area contributed by atoms with Crippen LogP contribution in [0, 0.1) is 0 Å². The lowest BCUT2D eigenvalue weighted by Crippen LogP contribution is -2.39. The minimum atomic E-state index is -0.675. The van der Waals surface area contributed by atoms with Gasteiger partial charge in [0, 0.05) is 17.7 Å². The predicted octanol–water partition coefficient (Wildman–Crippen LogP) is 3.29. The monoisotopic (exact) mass is 273 g/mol. The lowest BCUT2D eigenvalue weighted by Gasteiger charge is -2.36. The summed E-state index contributed by atoms with van der Waals surface area (Å²) in [7, 11) is 0. The Balaban J connectivity index is 2.03. The number of unbranched alkanes of at least 4 members (excludes halogenated alkanes) is 2. The molecule has 1 rings (SSSR count). The van der Waals surface area contributed by atoms with Gasteiger partial charge >= 0.3 is 5.97 Å². The van der Waals surface area contributed by atoms with E-state index in [1.165, 1.54) is 32.1 Å². The number of carbonyl (C=O) groups is 1. The molecule has 0 radical (unpaired) electrons. The third kappa shape index (κ3) is 6.10. The van der Waals surface area contributed by atoms with Crippen LogP contribution in [0.2, 0.25) is 0 Å². The zero-order valence-corrected chi connectivity index (χ0v) is 12.4. The van der Waals surface area contributed by atoms with Crippen LogP contribution >= 0.6 is 11.8 Å². The van der Waals surface area contributed by atoms with Gasteiger partial charge in [0.1, 0.15) is 0 Å². The lowest BCUT2D eigenvalue weighted by molar-refractivity contribution is -0.137. The molecule has 2 N–H and O–H groups in total. The van der Waals surface area contributed by atoms with Crippen LogP contribution in [0.15, 0.2) is 0 Å². The van der Waals surface area contributed by atoms with Gasteiger partial charge in [0.05, 0.1) is 0 Å². The summed E-state index contributed by atoms with van der Waals surface area (Å²) in [6.07, 6.45) is 12.3. The van der Waals surface area contributed by atoms with E-state index in [4.69, 9.17) is 5.11 Å². The molecule has 0 heterocycles. The molecule has 1 fully saturated rings. The van der Waals surface area contributed by atoms with Crippen molar-refractivity contribution in [2.24, 2.45) is 0 Å². The van der Waals surface area contributed by atoms with Crippen LogP contribution in [0.25, 0.3) is 0 Å². The van der Waals surface area contributed by atoms with Crippen molar-refractivity contribution in [1.29, 1.82) is 0 Å². The highest BCUT2D eigenvalue weighted by atomic mass is 32.2. The number of nitrogens with one attached hydrogen (secondary N) is 1. The van der Waals surface area contributed by atoms with Crippen molar-refractivity contribution in [3.05, 3.63) is 0 Å². The van der Waals surface area contributed by atoms with Crippen molar-refractivity contribution in [2.45, 2.75) is 62.5 Å². The van der Waals surface area contributed by atoms with Gasteiger partial charge in [0.25, 0.3) is 0 Å². The van der Waals surface area contributed by atoms with Gasteiger partial charge in [0.15, 0.2) is 0 Å². The second-order valence-corrected chi connectivity index (χ2v) is 6.60. The SMILES string of the molecule is CSC1(CNCCCCCC(=O)O)CCCCC1. The smallest absolute Gasteiger partial charge is 0.303 e. The molecular formula is C14H27NO2S. The van der Waals surface area contributed by atoms with Gasteiger partial charge < -0.3 is 10.4 Å². The maximum atomic E-state index is 10.4. The highest BCUT2D eigenvalue weighted by molar-refractivity contribution is 8.00. The van der Waals surface area contributed by atoms with E-state index in [-0.39, 0.29) is 0 Å². The van der Waals surface area contributed by atoms with Crippen molar-refractivity contribution < 1.29 is 9.90 Å². The minimum Gasteiger partial charge on any atom is -0.481 e. The van der Waals surface area contributed by atoms with Gasteiger partial charge in [-0.25, -0.2) is 0 Å². The maximum absolute atomic E-state index is 10.4. The minimum absolute atomic E-state index is 0.314. The summed E-state index contributed by atoms with van der Waals surface area (Å²) in [6.45, 7) is 2.15. The van der Waals surface area contributed by atoms with E-state index in [2.05, 4.69) is 11.6 Å². The topological polar surface area (TPSA) is 49.3 Å². The van der Waals surface area contributed by atoms with Gasteiger partial charge in [-0.3, -0.25) is 4.79 Å². The number of thioether (sulfide) groups is 1. The second kappa shape index (κ2) is 8.81. The van der Waals surface area contributed by atoms with E-state index in [1.54, 1.807) is 0 Å². The Morgan fingerprint density at radius 3 is 2.56 bits per heavy atom. The highest BCUT2D eigenvalue weighted by Gasteiger charge is 2.30. The number of hydrogen-bond donors (Lipinski definition) is 2. The van der Waals surface area contributed by atoms with Crippen LogP contribution in [0.3, 0.4) is 0 Å². The molecule has 0 aromatic heterocycles. The van der Waals surface area contributed by atoms with E-state index in [0.29, 0.717) is 11.2 Å². The standard InChI is InChI=1S/C14H27NO2S/c1-18-14(9-5-3-6-10-14)12-15-11-7-2-4-8-13(16)17/h15H,2-12H2,1H3,(H,16,17). The van der Waals surface area contributed by atoms with Crippen LogP contribution in [-0.2, 0) is 4.79 Å². The van der Waals surface area contributed by atoms with E-state index in [0.717, 1.165) is 32.4 Å². The molecule has 0 bridgehead atoms. The summed E-state index contributed by atoms with van der Waals surface area (Å²) in [5, 5.41) is 12.1. The molecule has 1 saturated carbocycles. The van der Waals surface area contributed by atoms with Crippen LogP contribution < -0.4 is 5.32 Å². The Bertz CT molecular complexity index is 240. The number of carboxylic acid groups (broad SMARTS) is 1. The van der Waals surface area contributed by atoms with Gasteiger partial charge in [-0.15, -0.1) is 0 Å². The van der Waals surface area contributed by atoms with Crippen LogP contribution in [-0.4, -0.2) is 35.2 Å². The zero-order valence-electron chi connectivity index (χ0n) is 11.5. The first-order valence-corrected chi connectivity index (χ1v) is 8.39. The number of carboxylic acids is 1. The molecule has 0 unspecified atom stereocenters.